The standard InChI is InChI=1S/C22H21N5O3S2/c1-15-18-10-3-4-11-19(18)21(25-23-15)31-22-26-24-20(30-22)16-8-7-9-17(14-16)32(28,29)27-12-5-2-6-13-27/h3-4,7-11,14H,2,5-6,12-13H2,1H3. The van der Waals surface area contributed by atoms with E-state index in [1.807, 2.05) is 31.2 Å². The molecule has 164 valence electrons. The van der Waals surface area contributed by atoms with Gasteiger partial charge in [0.15, 0.2) is 0 Å². The number of rotatable bonds is 5. The van der Waals surface area contributed by atoms with Crippen molar-refractivity contribution in [2.75, 3.05) is 13.1 Å². The van der Waals surface area contributed by atoms with E-state index in [2.05, 4.69) is 20.4 Å². The zero-order valence-corrected chi connectivity index (χ0v) is 19.1. The van der Waals surface area contributed by atoms with Crippen LogP contribution in [0.25, 0.3) is 22.2 Å². The lowest BCUT2D eigenvalue weighted by Gasteiger charge is -2.25. The van der Waals surface area contributed by atoms with E-state index in [1.54, 1.807) is 28.6 Å². The number of hydrogen-bond acceptors (Lipinski definition) is 8. The fourth-order valence-electron chi connectivity index (χ4n) is 3.78. The van der Waals surface area contributed by atoms with Crippen molar-refractivity contribution in [3.05, 3.63) is 54.2 Å². The van der Waals surface area contributed by atoms with Crippen molar-refractivity contribution in [2.24, 2.45) is 0 Å². The second-order valence-corrected chi connectivity index (χ2v) is 10.5. The van der Waals surface area contributed by atoms with Crippen LogP contribution in [0.15, 0.2) is 68.1 Å². The molecule has 10 heteroatoms. The summed E-state index contributed by atoms with van der Waals surface area (Å²) in [6.07, 6.45) is 2.84. The van der Waals surface area contributed by atoms with E-state index in [0.717, 1.165) is 35.7 Å². The number of aromatic nitrogens is 4. The maximum absolute atomic E-state index is 13.0. The number of benzene rings is 2. The van der Waals surface area contributed by atoms with Crippen LogP contribution in [0.4, 0.5) is 0 Å². The Morgan fingerprint density at radius 3 is 2.50 bits per heavy atom. The van der Waals surface area contributed by atoms with E-state index in [0.29, 0.717) is 28.9 Å². The van der Waals surface area contributed by atoms with Crippen LogP contribution in [0.3, 0.4) is 0 Å². The third-order valence-corrected chi connectivity index (χ3v) is 8.19. The molecule has 3 heterocycles. The minimum Gasteiger partial charge on any atom is -0.411 e. The van der Waals surface area contributed by atoms with Crippen molar-refractivity contribution in [1.29, 1.82) is 0 Å². The highest BCUT2D eigenvalue weighted by Gasteiger charge is 2.26. The molecule has 1 saturated heterocycles. The third-order valence-electron chi connectivity index (χ3n) is 5.46. The fraction of sp³-hybridized carbons (Fsp3) is 0.273. The van der Waals surface area contributed by atoms with Crippen molar-refractivity contribution in [2.45, 2.75) is 41.3 Å². The lowest BCUT2D eigenvalue weighted by Crippen LogP contribution is -2.35. The predicted octanol–water partition coefficient (Wildman–Crippen LogP) is 4.31. The molecule has 0 saturated carbocycles. The molecule has 2 aromatic carbocycles. The van der Waals surface area contributed by atoms with Gasteiger partial charge in [-0.3, -0.25) is 0 Å². The van der Waals surface area contributed by atoms with Gasteiger partial charge >= 0.3 is 0 Å². The van der Waals surface area contributed by atoms with Gasteiger partial charge in [-0.2, -0.15) is 9.40 Å². The Hall–Kier alpha value is -2.82. The molecule has 0 unspecified atom stereocenters. The van der Waals surface area contributed by atoms with Crippen molar-refractivity contribution < 1.29 is 12.8 Å². The summed E-state index contributed by atoms with van der Waals surface area (Å²) in [4.78, 5) is 0.236. The zero-order valence-electron chi connectivity index (χ0n) is 17.4. The van der Waals surface area contributed by atoms with Crippen LogP contribution in [-0.4, -0.2) is 46.2 Å². The topological polar surface area (TPSA) is 102 Å². The van der Waals surface area contributed by atoms with Gasteiger partial charge < -0.3 is 4.42 Å². The molecule has 5 rings (SSSR count). The van der Waals surface area contributed by atoms with Gasteiger partial charge in [0.25, 0.3) is 5.22 Å². The summed E-state index contributed by atoms with van der Waals surface area (Å²) in [5.41, 5.74) is 1.41. The molecule has 1 aliphatic heterocycles. The Morgan fingerprint density at radius 1 is 0.906 bits per heavy atom. The SMILES string of the molecule is Cc1nnc(Sc2nnc(-c3cccc(S(=O)(=O)N4CCCCC4)c3)o2)c2ccccc12. The van der Waals surface area contributed by atoms with Gasteiger partial charge in [0, 0.05) is 29.4 Å². The zero-order chi connectivity index (χ0) is 22.1. The van der Waals surface area contributed by atoms with Gasteiger partial charge in [0.2, 0.25) is 15.9 Å². The highest BCUT2D eigenvalue weighted by Crippen LogP contribution is 2.33. The molecule has 0 bridgehead atoms. The number of sulfonamides is 1. The third kappa shape index (κ3) is 4.01. The number of nitrogens with zero attached hydrogens (tertiary/aromatic N) is 5. The van der Waals surface area contributed by atoms with Crippen molar-refractivity contribution >= 4 is 32.6 Å². The quantitative estimate of drug-likeness (QED) is 0.428. The summed E-state index contributed by atoms with van der Waals surface area (Å²) in [7, 11) is -3.54. The molecule has 4 aromatic rings. The van der Waals surface area contributed by atoms with Gasteiger partial charge in [-0.15, -0.1) is 15.3 Å². The van der Waals surface area contributed by atoms with Crippen LogP contribution < -0.4 is 0 Å². The molecular weight excluding hydrogens is 446 g/mol. The smallest absolute Gasteiger partial charge is 0.283 e. The first-order chi connectivity index (χ1) is 15.5. The largest absolute Gasteiger partial charge is 0.411 e. The molecule has 0 amide bonds. The van der Waals surface area contributed by atoms with Crippen molar-refractivity contribution in [3.63, 3.8) is 0 Å². The van der Waals surface area contributed by atoms with Gasteiger partial charge in [0.1, 0.15) is 5.03 Å². The molecule has 0 aliphatic carbocycles. The number of piperidine rings is 1. The minimum atomic E-state index is -3.54. The summed E-state index contributed by atoms with van der Waals surface area (Å²) >= 11 is 1.23. The van der Waals surface area contributed by atoms with E-state index < -0.39 is 10.0 Å². The monoisotopic (exact) mass is 467 g/mol. The first-order valence-corrected chi connectivity index (χ1v) is 12.6. The Labute approximate surface area is 190 Å². The number of hydrogen-bond donors (Lipinski definition) is 0. The molecule has 0 N–H and O–H groups in total. The van der Waals surface area contributed by atoms with E-state index in [1.165, 1.54) is 11.8 Å². The van der Waals surface area contributed by atoms with Gasteiger partial charge in [-0.1, -0.05) is 36.8 Å². The lowest BCUT2D eigenvalue weighted by atomic mass is 10.1. The first kappa shape index (κ1) is 21.0. The second-order valence-electron chi connectivity index (χ2n) is 7.60. The highest BCUT2D eigenvalue weighted by molar-refractivity contribution is 7.99. The Morgan fingerprint density at radius 2 is 1.69 bits per heavy atom. The number of aryl methyl sites for hydroxylation is 1. The predicted molar refractivity (Wildman–Crippen MR) is 121 cm³/mol. The Kier molecular flexibility index (Phi) is 5.66. The van der Waals surface area contributed by atoms with Crippen LogP contribution in [-0.2, 0) is 10.0 Å². The lowest BCUT2D eigenvalue weighted by molar-refractivity contribution is 0.346. The molecular formula is C22H21N5O3S2. The maximum atomic E-state index is 13.0. The molecule has 2 aromatic heterocycles. The molecule has 0 spiro atoms. The van der Waals surface area contributed by atoms with E-state index in [-0.39, 0.29) is 10.8 Å². The van der Waals surface area contributed by atoms with Crippen LogP contribution >= 0.6 is 11.8 Å². The summed E-state index contributed by atoms with van der Waals surface area (Å²) < 4.78 is 33.4. The fourth-order valence-corrected chi connectivity index (χ4v) is 6.08. The average molecular weight is 468 g/mol. The molecule has 1 aliphatic rings. The highest BCUT2D eigenvalue weighted by atomic mass is 32.2. The Bertz CT molecular complexity index is 1380. The minimum absolute atomic E-state index is 0.236. The summed E-state index contributed by atoms with van der Waals surface area (Å²) in [5.74, 6) is 0.257. The van der Waals surface area contributed by atoms with Crippen LogP contribution in [0.1, 0.15) is 25.0 Å². The normalized spacial score (nSPS) is 15.3. The van der Waals surface area contributed by atoms with E-state index in [4.69, 9.17) is 4.42 Å². The maximum Gasteiger partial charge on any atom is 0.283 e. The van der Waals surface area contributed by atoms with Crippen LogP contribution in [0.2, 0.25) is 0 Å². The summed E-state index contributed by atoms with van der Waals surface area (Å²) in [6.45, 7) is 3.03. The molecule has 8 nitrogen and oxygen atoms in total. The summed E-state index contributed by atoms with van der Waals surface area (Å²) in [6, 6.07) is 14.5. The summed E-state index contributed by atoms with van der Waals surface area (Å²) in [5, 5.41) is 19.7. The Balaban J connectivity index is 1.42. The van der Waals surface area contributed by atoms with Crippen LogP contribution in [0.5, 0.6) is 0 Å². The number of fused-ring (bicyclic) bond motifs is 1. The molecule has 0 atom stereocenters. The van der Waals surface area contributed by atoms with E-state index in [9.17, 15) is 8.42 Å². The van der Waals surface area contributed by atoms with Gasteiger partial charge in [0.05, 0.1) is 10.6 Å². The van der Waals surface area contributed by atoms with Crippen molar-refractivity contribution in [3.8, 4) is 11.5 Å². The van der Waals surface area contributed by atoms with Crippen molar-refractivity contribution in [1.82, 2.24) is 24.7 Å². The average Bonchev–Trinajstić information content (AvgIpc) is 3.30. The molecule has 1 fully saturated rings. The second kappa shape index (κ2) is 8.61. The molecule has 0 radical (unpaired) electrons. The first-order valence-electron chi connectivity index (χ1n) is 10.4. The van der Waals surface area contributed by atoms with Gasteiger partial charge in [-0.25, -0.2) is 8.42 Å². The molecule has 32 heavy (non-hydrogen) atoms. The van der Waals surface area contributed by atoms with E-state index >= 15 is 0 Å². The van der Waals surface area contributed by atoms with Crippen LogP contribution in [0, 0.1) is 6.92 Å². The van der Waals surface area contributed by atoms with Gasteiger partial charge in [-0.05, 0) is 49.7 Å².